The molecule has 0 radical (unpaired) electrons. The Balaban J connectivity index is 3.09. The molecule has 0 aromatic rings. The van der Waals surface area contributed by atoms with Crippen molar-refractivity contribution in [1.82, 2.24) is 9.80 Å². The number of nitrogens with zero attached hydrogens (tertiary/aromatic N) is 2. The number of ether oxygens (including phenoxy) is 1. The van der Waals surface area contributed by atoms with Gasteiger partial charge in [-0.1, -0.05) is 0 Å². The summed E-state index contributed by atoms with van der Waals surface area (Å²) >= 11 is 0. The van der Waals surface area contributed by atoms with Gasteiger partial charge in [0.1, 0.15) is 0 Å². The molecule has 178 valence electrons. The predicted molar refractivity (Wildman–Crippen MR) is 75.6 cm³/mol. The summed E-state index contributed by atoms with van der Waals surface area (Å²) in [5.41, 5.74) is 0. The molecule has 0 aromatic carbocycles. The number of morpholine rings is 1. The molecule has 30 heavy (non-hydrogen) atoms. The minimum atomic E-state index is -7.72. The quantitative estimate of drug-likeness (QED) is 0.484. The molecule has 1 amide bonds. The topological polar surface area (TPSA) is 32.8 Å². The summed E-state index contributed by atoms with van der Waals surface area (Å²) in [4.78, 5) is 12.9. The molecule has 1 heterocycles. The van der Waals surface area contributed by atoms with E-state index in [9.17, 15) is 57.5 Å². The van der Waals surface area contributed by atoms with E-state index in [0.717, 1.165) is 0 Å². The normalized spacial score (nSPS) is 18.1. The molecule has 1 aliphatic heterocycles. The summed E-state index contributed by atoms with van der Waals surface area (Å²) in [5.74, 6) is -39.6. The Hall–Kier alpha value is -1.45. The van der Waals surface area contributed by atoms with Crippen LogP contribution in [0.5, 0.6) is 0 Å². The lowest BCUT2D eigenvalue weighted by atomic mass is 9.94. The largest absolute Gasteiger partial charge is 0.392 e. The second kappa shape index (κ2) is 8.59. The molecule has 0 aliphatic carbocycles. The second-order valence-electron chi connectivity index (χ2n) is 6.40. The van der Waals surface area contributed by atoms with Gasteiger partial charge in [-0.2, -0.15) is 43.9 Å². The van der Waals surface area contributed by atoms with Gasteiger partial charge >= 0.3 is 36.0 Å². The SMILES string of the molecule is CN(CCN1CCOCC1)C(=O)C(F)(F)C(F)(F)C(F)(F)C(F)(F)C(F)(F)C(F)F. The summed E-state index contributed by atoms with van der Waals surface area (Å²) in [6, 6.07) is 0. The number of carbonyl (C=O) groups is 1. The fourth-order valence-electron chi connectivity index (χ4n) is 2.33. The van der Waals surface area contributed by atoms with E-state index in [2.05, 4.69) is 0 Å². The monoisotopic (exact) mass is 472 g/mol. The fraction of sp³-hybridized carbons (Fsp3) is 0.929. The lowest BCUT2D eigenvalue weighted by Gasteiger charge is -2.39. The van der Waals surface area contributed by atoms with E-state index in [4.69, 9.17) is 4.74 Å². The van der Waals surface area contributed by atoms with Crippen molar-refractivity contribution in [1.29, 1.82) is 0 Å². The summed E-state index contributed by atoms with van der Waals surface area (Å²) in [7, 11) is 0.455. The Kier molecular flexibility index (Phi) is 7.61. The van der Waals surface area contributed by atoms with Gasteiger partial charge in [0.15, 0.2) is 0 Å². The summed E-state index contributed by atoms with van der Waals surface area (Å²) in [6.45, 7) is -0.0385. The maximum absolute atomic E-state index is 13.8. The maximum atomic E-state index is 13.8. The highest BCUT2D eigenvalue weighted by molar-refractivity contribution is 5.84. The second-order valence-corrected chi connectivity index (χ2v) is 6.40. The molecular formula is C14H16F12N2O2. The van der Waals surface area contributed by atoms with Crippen LogP contribution in [0.3, 0.4) is 0 Å². The average molecular weight is 472 g/mol. The van der Waals surface area contributed by atoms with Crippen molar-refractivity contribution < 1.29 is 62.2 Å². The van der Waals surface area contributed by atoms with Crippen LogP contribution in [0, 0.1) is 0 Å². The van der Waals surface area contributed by atoms with E-state index in [1.807, 2.05) is 0 Å². The number of alkyl halides is 12. The van der Waals surface area contributed by atoms with Crippen molar-refractivity contribution >= 4 is 5.91 Å². The average Bonchev–Trinajstić information content (AvgIpc) is 2.65. The Bertz CT molecular complexity index is 608. The number of carbonyl (C=O) groups excluding carboxylic acids is 1. The smallest absolute Gasteiger partial charge is 0.379 e. The van der Waals surface area contributed by atoms with Crippen LogP contribution in [0.4, 0.5) is 52.7 Å². The number of amides is 1. The summed E-state index contributed by atoms with van der Waals surface area (Å²) in [5, 5.41) is 0. The molecule has 0 N–H and O–H groups in total. The van der Waals surface area contributed by atoms with Gasteiger partial charge in [-0.05, 0) is 0 Å². The lowest BCUT2D eigenvalue weighted by Crippen LogP contribution is -2.71. The van der Waals surface area contributed by atoms with E-state index in [-0.39, 0.29) is 37.7 Å². The molecular weight excluding hydrogens is 456 g/mol. The first kappa shape index (κ1) is 26.6. The molecule has 1 fully saturated rings. The van der Waals surface area contributed by atoms with E-state index in [0.29, 0.717) is 7.05 Å². The zero-order valence-electron chi connectivity index (χ0n) is 15.1. The molecule has 4 nitrogen and oxygen atoms in total. The van der Waals surface area contributed by atoms with Gasteiger partial charge in [0.05, 0.1) is 13.2 Å². The summed E-state index contributed by atoms with van der Waals surface area (Å²) in [6.07, 6.45) is -5.59. The van der Waals surface area contributed by atoms with Gasteiger partial charge in [0.25, 0.3) is 5.91 Å². The number of halogens is 12. The molecule has 0 saturated carbocycles. The van der Waals surface area contributed by atoms with Crippen LogP contribution in [-0.2, 0) is 9.53 Å². The highest BCUT2D eigenvalue weighted by Gasteiger charge is 2.89. The van der Waals surface area contributed by atoms with E-state index in [1.54, 1.807) is 0 Å². The van der Waals surface area contributed by atoms with Crippen molar-refractivity contribution in [3.8, 4) is 0 Å². The number of hydrogen-bond donors (Lipinski definition) is 0. The highest BCUT2D eigenvalue weighted by atomic mass is 19.4. The van der Waals surface area contributed by atoms with Crippen LogP contribution in [0.25, 0.3) is 0 Å². The fourth-order valence-corrected chi connectivity index (χ4v) is 2.33. The van der Waals surface area contributed by atoms with Gasteiger partial charge in [-0.3, -0.25) is 9.69 Å². The standard InChI is InChI=1S/C14H16F12N2O2/c1-27(2-3-28-4-6-30-7-5-28)9(29)11(19,20)13(23,24)14(25,26)12(21,22)10(17,18)8(15)16/h8H,2-7H2,1H3. The third kappa shape index (κ3) is 4.29. The van der Waals surface area contributed by atoms with Gasteiger partial charge < -0.3 is 9.64 Å². The van der Waals surface area contributed by atoms with E-state index < -0.39 is 48.5 Å². The van der Waals surface area contributed by atoms with Crippen LogP contribution in [0.1, 0.15) is 0 Å². The minimum Gasteiger partial charge on any atom is -0.379 e. The van der Waals surface area contributed by atoms with Crippen molar-refractivity contribution in [2.45, 2.75) is 36.0 Å². The van der Waals surface area contributed by atoms with Gasteiger partial charge in [-0.25, -0.2) is 8.78 Å². The van der Waals surface area contributed by atoms with Gasteiger partial charge in [0.2, 0.25) is 0 Å². The van der Waals surface area contributed by atoms with Gasteiger partial charge in [0, 0.05) is 33.2 Å². The van der Waals surface area contributed by atoms with Gasteiger partial charge in [-0.15, -0.1) is 0 Å². The van der Waals surface area contributed by atoms with Crippen LogP contribution < -0.4 is 0 Å². The third-order valence-electron chi connectivity index (χ3n) is 4.35. The molecule has 0 aromatic heterocycles. The first-order valence-corrected chi connectivity index (χ1v) is 8.08. The molecule has 1 rings (SSSR count). The molecule has 16 heteroatoms. The van der Waals surface area contributed by atoms with Crippen LogP contribution in [-0.4, -0.2) is 98.2 Å². The van der Waals surface area contributed by atoms with Crippen molar-refractivity contribution in [3.05, 3.63) is 0 Å². The Morgan fingerprint density at radius 3 is 1.80 bits per heavy atom. The minimum absolute atomic E-state index is 0.192. The summed E-state index contributed by atoms with van der Waals surface area (Å²) < 4.78 is 163. The third-order valence-corrected chi connectivity index (χ3v) is 4.35. The molecule has 0 spiro atoms. The zero-order chi connectivity index (χ0) is 23.8. The van der Waals surface area contributed by atoms with Crippen molar-refractivity contribution in [3.63, 3.8) is 0 Å². The van der Waals surface area contributed by atoms with Crippen molar-refractivity contribution in [2.75, 3.05) is 46.4 Å². The van der Waals surface area contributed by atoms with Crippen LogP contribution in [0.2, 0.25) is 0 Å². The number of rotatable bonds is 9. The van der Waals surface area contributed by atoms with E-state index >= 15 is 0 Å². The zero-order valence-corrected chi connectivity index (χ0v) is 15.1. The highest BCUT2D eigenvalue weighted by Crippen LogP contribution is 2.58. The first-order chi connectivity index (χ1) is 13.4. The Morgan fingerprint density at radius 2 is 1.37 bits per heavy atom. The molecule has 1 saturated heterocycles. The lowest BCUT2D eigenvalue weighted by molar-refractivity contribution is -0.407. The maximum Gasteiger partial charge on any atom is 0.392 e. The number of hydrogen-bond acceptors (Lipinski definition) is 3. The van der Waals surface area contributed by atoms with E-state index in [1.165, 1.54) is 4.90 Å². The Labute approximate surface area is 161 Å². The van der Waals surface area contributed by atoms with Crippen LogP contribution in [0.15, 0.2) is 0 Å². The molecule has 0 bridgehead atoms. The predicted octanol–water partition coefficient (Wildman–Crippen LogP) is 3.22. The molecule has 0 unspecified atom stereocenters. The number of likely N-dealkylation sites (N-methyl/N-ethyl adjacent to an activating group) is 1. The van der Waals surface area contributed by atoms with Crippen LogP contribution >= 0.6 is 0 Å². The Morgan fingerprint density at radius 1 is 0.900 bits per heavy atom. The first-order valence-electron chi connectivity index (χ1n) is 8.08. The van der Waals surface area contributed by atoms with Crippen molar-refractivity contribution in [2.24, 2.45) is 0 Å². The molecule has 1 aliphatic rings. The molecule has 0 atom stereocenters.